The molecule has 0 bridgehead atoms. The van der Waals surface area contributed by atoms with Crippen molar-refractivity contribution in [1.29, 1.82) is 0 Å². The van der Waals surface area contributed by atoms with Crippen molar-refractivity contribution >= 4 is 29.2 Å². The maximum Gasteiger partial charge on any atom is 0.248 e. The largest absolute Gasteiger partial charge is 0.489 e. The Morgan fingerprint density at radius 2 is 2.45 bits per heavy atom. The minimum Gasteiger partial charge on any atom is -0.489 e. The number of hydrogen-bond acceptors (Lipinski definition) is 5. The number of aldehydes is 1. The zero-order valence-electron chi connectivity index (χ0n) is 10.9. The fourth-order valence-corrected chi connectivity index (χ4v) is 2.52. The minimum absolute atomic E-state index is 0.105. The third-order valence-electron chi connectivity index (χ3n) is 3.42. The van der Waals surface area contributed by atoms with Crippen LogP contribution in [0.1, 0.15) is 22.8 Å². The number of hydrogen-bond donors (Lipinski definition) is 2. The van der Waals surface area contributed by atoms with E-state index in [2.05, 4.69) is 10.3 Å². The number of benzene rings is 1. The molecule has 3 N–H and O–H groups in total. The molecule has 7 heteroatoms. The maximum atomic E-state index is 11.3. The van der Waals surface area contributed by atoms with Gasteiger partial charge in [0.2, 0.25) is 11.9 Å². The highest BCUT2D eigenvalue weighted by Crippen LogP contribution is 2.37. The molecule has 1 aliphatic rings. The zero-order chi connectivity index (χ0) is 14.3. The Bertz CT molecular complexity index is 707. The first-order chi connectivity index (χ1) is 9.65. The first kappa shape index (κ1) is 12.5. The van der Waals surface area contributed by atoms with Crippen LogP contribution in [0.15, 0.2) is 12.1 Å². The van der Waals surface area contributed by atoms with Crippen LogP contribution in [0.2, 0.25) is 0 Å². The topological polar surface area (TPSA) is 99.2 Å². The molecule has 1 atom stereocenters. The van der Waals surface area contributed by atoms with Gasteiger partial charge >= 0.3 is 0 Å². The molecule has 0 saturated carbocycles. The lowest BCUT2D eigenvalue weighted by atomic mass is 10.1. The molecule has 2 heterocycles. The van der Waals surface area contributed by atoms with Gasteiger partial charge in [0, 0.05) is 19.0 Å². The van der Waals surface area contributed by atoms with E-state index in [1.54, 1.807) is 19.2 Å². The number of primary amides is 1. The third kappa shape index (κ3) is 1.70. The standard InChI is InChI=1S/C13H14N4O3/c1-15-13-16-9-4-7(12(14)19)5-10-11(9)17(13)8(2-3-18)6-20-10/h3-5,8H,2,6H2,1H3,(H2,14,19)(H,15,16). The average molecular weight is 274 g/mol. The number of ether oxygens (including phenoxy) is 1. The molecule has 1 aromatic carbocycles. The summed E-state index contributed by atoms with van der Waals surface area (Å²) in [5.74, 6) is 0.674. The lowest BCUT2D eigenvalue weighted by Gasteiger charge is -2.25. The molecule has 0 saturated heterocycles. The fraction of sp³-hybridized carbons (Fsp3) is 0.308. The van der Waals surface area contributed by atoms with Gasteiger partial charge in [0.1, 0.15) is 24.2 Å². The van der Waals surface area contributed by atoms with Gasteiger partial charge in [-0.3, -0.25) is 4.79 Å². The number of carbonyl (C=O) groups is 2. The number of nitrogens with zero attached hydrogens (tertiary/aromatic N) is 2. The van der Waals surface area contributed by atoms with E-state index in [0.717, 1.165) is 11.8 Å². The molecule has 7 nitrogen and oxygen atoms in total. The maximum absolute atomic E-state index is 11.3. The van der Waals surface area contributed by atoms with E-state index in [0.29, 0.717) is 35.8 Å². The summed E-state index contributed by atoms with van der Waals surface area (Å²) in [6.45, 7) is 0.355. The molecule has 1 unspecified atom stereocenters. The highest BCUT2D eigenvalue weighted by Gasteiger charge is 2.27. The van der Waals surface area contributed by atoms with Crippen molar-refractivity contribution < 1.29 is 14.3 Å². The summed E-state index contributed by atoms with van der Waals surface area (Å²) in [4.78, 5) is 26.6. The molecule has 1 aliphatic heterocycles. The van der Waals surface area contributed by atoms with E-state index in [9.17, 15) is 9.59 Å². The predicted molar refractivity (Wildman–Crippen MR) is 73.0 cm³/mol. The molecule has 0 fully saturated rings. The number of aromatic nitrogens is 2. The van der Waals surface area contributed by atoms with Crippen LogP contribution in [-0.4, -0.2) is 35.4 Å². The summed E-state index contributed by atoms with van der Waals surface area (Å²) >= 11 is 0. The smallest absolute Gasteiger partial charge is 0.248 e. The van der Waals surface area contributed by atoms with Crippen LogP contribution >= 0.6 is 0 Å². The summed E-state index contributed by atoms with van der Waals surface area (Å²) in [5.41, 5.74) is 7.06. The van der Waals surface area contributed by atoms with Crippen molar-refractivity contribution in [3.05, 3.63) is 17.7 Å². The number of nitrogens with one attached hydrogen (secondary N) is 1. The molecular formula is C13H14N4O3. The zero-order valence-corrected chi connectivity index (χ0v) is 10.9. The van der Waals surface area contributed by atoms with E-state index in [4.69, 9.17) is 10.5 Å². The lowest BCUT2D eigenvalue weighted by molar-refractivity contribution is -0.108. The first-order valence-electron chi connectivity index (χ1n) is 6.25. The van der Waals surface area contributed by atoms with Gasteiger partial charge in [-0.15, -0.1) is 0 Å². The minimum atomic E-state index is -0.526. The van der Waals surface area contributed by atoms with Gasteiger partial charge in [-0.05, 0) is 12.1 Å². The SMILES string of the molecule is CNc1nc2cc(C(N)=O)cc3c2n1C(CC=O)CO3. The molecule has 1 aromatic heterocycles. The summed E-state index contributed by atoms with van der Waals surface area (Å²) in [6, 6.07) is 3.14. The molecule has 20 heavy (non-hydrogen) atoms. The lowest BCUT2D eigenvalue weighted by Crippen LogP contribution is -2.24. The third-order valence-corrected chi connectivity index (χ3v) is 3.42. The number of carbonyl (C=O) groups excluding carboxylic acids is 2. The van der Waals surface area contributed by atoms with Gasteiger partial charge in [-0.25, -0.2) is 4.98 Å². The average Bonchev–Trinajstić information content (AvgIpc) is 2.82. The van der Waals surface area contributed by atoms with Crippen LogP contribution in [0.25, 0.3) is 11.0 Å². The summed E-state index contributed by atoms with van der Waals surface area (Å²) in [5, 5.41) is 3.00. The summed E-state index contributed by atoms with van der Waals surface area (Å²) in [7, 11) is 1.76. The Balaban J connectivity index is 2.28. The Morgan fingerprint density at radius 3 is 3.10 bits per heavy atom. The number of amides is 1. The highest BCUT2D eigenvalue weighted by atomic mass is 16.5. The molecule has 2 aromatic rings. The van der Waals surface area contributed by atoms with E-state index in [-0.39, 0.29) is 6.04 Å². The summed E-state index contributed by atoms with van der Waals surface area (Å²) < 4.78 is 7.59. The van der Waals surface area contributed by atoms with Crippen LogP contribution < -0.4 is 15.8 Å². The first-order valence-corrected chi connectivity index (χ1v) is 6.25. The second-order valence-electron chi connectivity index (χ2n) is 4.63. The van der Waals surface area contributed by atoms with Gasteiger partial charge in [-0.2, -0.15) is 0 Å². The highest BCUT2D eigenvalue weighted by molar-refractivity contribution is 5.99. The second kappa shape index (κ2) is 4.52. The number of nitrogens with two attached hydrogens (primary N) is 1. The van der Waals surface area contributed by atoms with Crippen LogP contribution in [0.4, 0.5) is 5.95 Å². The molecular weight excluding hydrogens is 260 g/mol. The number of imidazole rings is 1. The van der Waals surface area contributed by atoms with Crippen LogP contribution in [0.3, 0.4) is 0 Å². The van der Waals surface area contributed by atoms with Crippen LogP contribution in [0, 0.1) is 0 Å². The Morgan fingerprint density at radius 1 is 1.65 bits per heavy atom. The van der Waals surface area contributed by atoms with Gasteiger partial charge in [-0.1, -0.05) is 0 Å². The van der Waals surface area contributed by atoms with Crippen LogP contribution in [0.5, 0.6) is 5.75 Å². The number of rotatable bonds is 4. The van der Waals surface area contributed by atoms with Gasteiger partial charge in [0.15, 0.2) is 0 Å². The predicted octanol–water partition coefficient (Wildman–Crippen LogP) is 0.699. The molecule has 3 rings (SSSR count). The molecule has 104 valence electrons. The quantitative estimate of drug-likeness (QED) is 0.799. The normalized spacial score (nSPS) is 16.8. The van der Waals surface area contributed by atoms with E-state index in [1.165, 1.54) is 0 Å². The van der Waals surface area contributed by atoms with Crippen molar-refractivity contribution in [3.8, 4) is 5.75 Å². The fourth-order valence-electron chi connectivity index (χ4n) is 2.52. The van der Waals surface area contributed by atoms with Gasteiger partial charge < -0.3 is 25.1 Å². The van der Waals surface area contributed by atoms with Crippen molar-refractivity contribution in [2.45, 2.75) is 12.5 Å². The van der Waals surface area contributed by atoms with E-state index in [1.807, 2.05) is 4.57 Å². The molecule has 1 amide bonds. The molecule has 0 radical (unpaired) electrons. The Hall–Kier alpha value is -2.57. The van der Waals surface area contributed by atoms with Crippen molar-refractivity contribution in [2.75, 3.05) is 19.0 Å². The Labute approximate surface area is 114 Å². The van der Waals surface area contributed by atoms with E-state index < -0.39 is 5.91 Å². The van der Waals surface area contributed by atoms with Crippen molar-refractivity contribution in [2.24, 2.45) is 5.73 Å². The van der Waals surface area contributed by atoms with Gasteiger partial charge in [0.05, 0.1) is 11.6 Å². The summed E-state index contributed by atoms with van der Waals surface area (Å²) in [6.07, 6.45) is 1.21. The monoisotopic (exact) mass is 274 g/mol. The van der Waals surface area contributed by atoms with Crippen molar-refractivity contribution in [1.82, 2.24) is 9.55 Å². The molecule has 0 spiro atoms. The van der Waals surface area contributed by atoms with E-state index >= 15 is 0 Å². The van der Waals surface area contributed by atoms with Gasteiger partial charge in [0.25, 0.3) is 0 Å². The molecule has 0 aliphatic carbocycles. The van der Waals surface area contributed by atoms with Crippen LogP contribution in [-0.2, 0) is 4.79 Å². The second-order valence-corrected chi connectivity index (χ2v) is 4.63. The van der Waals surface area contributed by atoms with Crippen molar-refractivity contribution in [3.63, 3.8) is 0 Å². The Kier molecular flexibility index (Phi) is 2.81. The number of anilines is 1.